The van der Waals surface area contributed by atoms with Crippen molar-refractivity contribution in [1.29, 1.82) is 0 Å². The molecule has 0 fully saturated rings. The maximum absolute atomic E-state index is 5.63. The highest BCUT2D eigenvalue weighted by atomic mass is 16.5. The van der Waals surface area contributed by atoms with Gasteiger partial charge in [0.2, 0.25) is 0 Å². The predicted molar refractivity (Wildman–Crippen MR) is 53.3 cm³/mol. The third-order valence-corrected chi connectivity index (χ3v) is 1.83. The smallest absolute Gasteiger partial charge is 0.333 e. The molecule has 13 heavy (non-hydrogen) atoms. The minimum absolute atomic E-state index is 0.631. The molecule has 2 heteroatoms. The zero-order valence-corrected chi connectivity index (χ0v) is 7.99. The van der Waals surface area contributed by atoms with Crippen molar-refractivity contribution in [3.8, 4) is 0 Å². The zero-order chi connectivity index (χ0) is 9.52. The van der Waals surface area contributed by atoms with Gasteiger partial charge in [-0.05, 0) is 18.9 Å². The Morgan fingerprint density at radius 2 is 2.00 bits per heavy atom. The summed E-state index contributed by atoms with van der Waals surface area (Å²) in [5.41, 5.74) is 1.30. The van der Waals surface area contributed by atoms with Crippen LogP contribution in [0.1, 0.15) is 18.9 Å². The Bertz CT molecular complexity index is 256. The van der Waals surface area contributed by atoms with E-state index in [1.54, 1.807) is 0 Å². The highest BCUT2D eigenvalue weighted by Crippen LogP contribution is 2.02. The van der Waals surface area contributed by atoms with E-state index < -0.39 is 0 Å². The maximum atomic E-state index is 5.63. The molecular weight excluding hydrogens is 162 g/mol. The summed E-state index contributed by atoms with van der Waals surface area (Å²) < 4.78 is 5.16. The van der Waals surface area contributed by atoms with Gasteiger partial charge in [-0.15, -0.1) is 0 Å². The van der Waals surface area contributed by atoms with Crippen LogP contribution in [0.2, 0.25) is 0 Å². The summed E-state index contributed by atoms with van der Waals surface area (Å²) in [6.45, 7) is 2.59. The van der Waals surface area contributed by atoms with Gasteiger partial charge in [0.1, 0.15) is 0 Å². The van der Waals surface area contributed by atoms with E-state index in [2.05, 4.69) is 12.1 Å². The Labute approximate surface area is 79.1 Å². The van der Waals surface area contributed by atoms with Crippen LogP contribution in [-0.4, -0.2) is 12.5 Å². The van der Waals surface area contributed by atoms with Crippen LogP contribution in [0.3, 0.4) is 0 Å². The van der Waals surface area contributed by atoms with E-state index in [0.29, 0.717) is 12.5 Å². The highest BCUT2D eigenvalue weighted by molar-refractivity contribution is 5.69. The van der Waals surface area contributed by atoms with Crippen LogP contribution in [0.5, 0.6) is 0 Å². The molecule has 0 aromatic heterocycles. The topological polar surface area (TPSA) is 34.8 Å². The van der Waals surface area contributed by atoms with Crippen molar-refractivity contribution in [3.63, 3.8) is 0 Å². The molecule has 0 saturated heterocycles. The second-order valence-electron chi connectivity index (χ2n) is 2.88. The number of hydrogen-bond donors (Lipinski definition) is 1. The number of ether oxygens (including phenoxy) is 1. The van der Waals surface area contributed by atoms with Crippen molar-refractivity contribution < 1.29 is 10.1 Å². The molecule has 0 aliphatic rings. The predicted octanol–water partition coefficient (Wildman–Crippen LogP) is 0.813. The Balaban J connectivity index is 2.31. The lowest BCUT2D eigenvalue weighted by Crippen LogP contribution is -2.41. The summed E-state index contributed by atoms with van der Waals surface area (Å²) in [6, 6.07) is 10.3. The summed E-state index contributed by atoms with van der Waals surface area (Å²) >= 11 is 0. The first-order valence-electron chi connectivity index (χ1n) is 4.61. The molecule has 0 spiro atoms. The van der Waals surface area contributed by atoms with E-state index >= 15 is 0 Å². The molecule has 0 unspecified atom stereocenters. The Kier molecular flexibility index (Phi) is 4.03. The molecule has 1 rings (SSSR count). The van der Waals surface area contributed by atoms with Gasteiger partial charge in [0.05, 0.1) is 13.0 Å². The first-order valence-corrected chi connectivity index (χ1v) is 4.61. The van der Waals surface area contributed by atoms with Crippen LogP contribution in [-0.2, 0) is 11.2 Å². The summed E-state index contributed by atoms with van der Waals surface area (Å²) in [5.74, 6) is 0.631. The van der Waals surface area contributed by atoms with Crippen molar-refractivity contribution in [1.82, 2.24) is 0 Å². The average molecular weight is 178 g/mol. The lowest BCUT2D eigenvalue weighted by Gasteiger charge is -2.00. The maximum Gasteiger partial charge on any atom is 0.333 e. The quantitative estimate of drug-likeness (QED) is 0.537. The third-order valence-electron chi connectivity index (χ3n) is 1.83. The molecule has 0 saturated carbocycles. The van der Waals surface area contributed by atoms with Crippen molar-refractivity contribution >= 4 is 5.90 Å². The minimum atomic E-state index is 0.631. The standard InChI is InChI=1S/C11H15NO/c1-2-13-11(12)9-8-10-6-4-3-5-7-10/h3-7,12H,2,8-9H2,1H3/p+1. The van der Waals surface area contributed by atoms with Gasteiger partial charge in [-0.25, -0.2) is 5.41 Å². The van der Waals surface area contributed by atoms with Crippen LogP contribution in [0, 0.1) is 0 Å². The molecule has 0 bridgehead atoms. The molecule has 0 aliphatic heterocycles. The third kappa shape index (κ3) is 3.74. The van der Waals surface area contributed by atoms with Crippen molar-refractivity contribution in [3.05, 3.63) is 35.9 Å². The molecule has 0 amide bonds. The first-order chi connectivity index (χ1) is 6.33. The molecule has 1 aromatic rings. The Morgan fingerprint density at radius 1 is 1.31 bits per heavy atom. The molecule has 0 atom stereocenters. The van der Waals surface area contributed by atoms with E-state index in [1.165, 1.54) is 5.56 Å². The van der Waals surface area contributed by atoms with Crippen molar-refractivity contribution in [2.75, 3.05) is 6.61 Å². The van der Waals surface area contributed by atoms with Gasteiger partial charge in [-0.2, -0.15) is 0 Å². The first kappa shape index (κ1) is 9.78. The van der Waals surface area contributed by atoms with E-state index in [0.717, 1.165) is 12.8 Å². The van der Waals surface area contributed by atoms with Crippen LogP contribution in [0.15, 0.2) is 30.3 Å². The highest BCUT2D eigenvalue weighted by Gasteiger charge is 2.02. The number of rotatable bonds is 4. The van der Waals surface area contributed by atoms with Crippen LogP contribution in [0.25, 0.3) is 0 Å². The number of hydrogen-bond acceptors (Lipinski definition) is 1. The van der Waals surface area contributed by atoms with Crippen LogP contribution in [0.4, 0.5) is 0 Å². The summed E-state index contributed by atoms with van der Waals surface area (Å²) in [6.07, 6.45) is 1.75. The second-order valence-corrected chi connectivity index (χ2v) is 2.88. The fourth-order valence-corrected chi connectivity index (χ4v) is 1.17. The van der Waals surface area contributed by atoms with Crippen molar-refractivity contribution in [2.45, 2.75) is 19.8 Å². The normalized spacial score (nSPS) is 9.62. The summed E-state index contributed by atoms with van der Waals surface area (Å²) in [5, 5.41) is 5.63. The molecule has 2 N–H and O–H groups in total. The number of aryl methyl sites for hydroxylation is 1. The molecule has 0 radical (unpaired) electrons. The van der Waals surface area contributed by atoms with E-state index in [-0.39, 0.29) is 0 Å². The fraction of sp³-hybridized carbons (Fsp3) is 0.364. The Morgan fingerprint density at radius 3 is 2.62 bits per heavy atom. The number of nitrogens with two attached hydrogens (primary N) is 1. The Hall–Kier alpha value is -1.31. The molecule has 0 aliphatic carbocycles. The second kappa shape index (κ2) is 5.36. The fourth-order valence-electron chi connectivity index (χ4n) is 1.17. The largest absolute Gasteiger partial charge is 0.448 e. The van der Waals surface area contributed by atoms with Gasteiger partial charge < -0.3 is 4.74 Å². The number of benzene rings is 1. The lowest BCUT2D eigenvalue weighted by molar-refractivity contribution is -0.143. The van der Waals surface area contributed by atoms with E-state index in [4.69, 9.17) is 10.1 Å². The van der Waals surface area contributed by atoms with Gasteiger partial charge in [-0.3, -0.25) is 0 Å². The van der Waals surface area contributed by atoms with Gasteiger partial charge in [0.15, 0.2) is 0 Å². The molecule has 0 heterocycles. The van der Waals surface area contributed by atoms with Gasteiger partial charge in [0.25, 0.3) is 0 Å². The van der Waals surface area contributed by atoms with Gasteiger partial charge in [-0.1, -0.05) is 30.3 Å². The SMILES string of the molecule is CCOC(=[NH2+])CCc1ccccc1. The lowest BCUT2D eigenvalue weighted by atomic mass is 10.1. The van der Waals surface area contributed by atoms with Crippen LogP contribution < -0.4 is 5.41 Å². The van der Waals surface area contributed by atoms with E-state index in [1.807, 2.05) is 25.1 Å². The van der Waals surface area contributed by atoms with E-state index in [9.17, 15) is 0 Å². The van der Waals surface area contributed by atoms with Gasteiger partial charge >= 0.3 is 5.90 Å². The van der Waals surface area contributed by atoms with Gasteiger partial charge in [0, 0.05) is 0 Å². The minimum Gasteiger partial charge on any atom is -0.448 e. The molecule has 2 nitrogen and oxygen atoms in total. The zero-order valence-electron chi connectivity index (χ0n) is 7.99. The molecule has 1 aromatic carbocycles. The molecular formula is C11H16NO+. The molecule has 70 valence electrons. The summed E-state index contributed by atoms with van der Waals surface area (Å²) in [7, 11) is 0. The van der Waals surface area contributed by atoms with Crippen LogP contribution >= 0.6 is 0 Å². The average Bonchev–Trinajstić information content (AvgIpc) is 2.17. The monoisotopic (exact) mass is 178 g/mol. The van der Waals surface area contributed by atoms with Crippen molar-refractivity contribution in [2.24, 2.45) is 0 Å². The summed E-state index contributed by atoms with van der Waals surface area (Å²) in [4.78, 5) is 0.